The lowest BCUT2D eigenvalue weighted by Crippen LogP contribution is -2.33. The van der Waals surface area contributed by atoms with Gasteiger partial charge in [0.25, 0.3) is 11.6 Å². The van der Waals surface area contributed by atoms with Gasteiger partial charge in [0.05, 0.1) is 4.92 Å². The highest BCUT2D eigenvalue weighted by molar-refractivity contribution is 7.80. The summed E-state index contributed by atoms with van der Waals surface area (Å²) in [7, 11) is 1.69. The van der Waals surface area contributed by atoms with Gasteiger partial charge in [-0.3, -0.25) is 25.0 Å². The number of para-hydroxylation sites is 1. The van der Waals surface area contributed by atoms with Gasteiger partial charge in [0.2, 0.25) is 5.91 Å². The maximum absolute atomic E-state index is 12.8. The van der Waals surface area contributed by atoms with Crippen LogP contribution in [0.2, 0.25) is 0 Å². The summed E-state index contributed by atoms with van der Waals surface area (Å²) in [5, 5.41) is 16.2. The van der Waals surface area contributed by atoms with Crippen molar-refractivity contribution < 1.29 is 14.5 Å². The van der Waals surface area contributed by atoms with E-state index in [1.165, 1.54) is 36.4 Å². The van der Waals surface area contributed by atoms with Crippen LogP contribution in [0.4, 0.5) is 17.1 Å². The number of nitro groups is 1. The highest BCUT2D eigenvalue weighted by Gasteiger charge is 2.14. The Labute approximate surface area is 195 Å². The first kappa shape index (κ1) is 23.3. The summed E-state index contributed by atoms with van der Waals surface area (Å²) in [5.41, 5.74) is 2.37. The van der Waals surface area contributed by atoms with E-state index in [9.17, 15) is 19.7 Å². The van der Waals surface area contributed by atoms with E-state index in [0.29, 0.717) is 16.8 Å². The van der Waals surface area contributed by atoms with Crippen molar-refractivity contribution in [3.63, 3.8) is 0 Å². The number of carbonyl (C=O) groups excluding carboxylic acids is 2. The highest BCUT2D eigenvalue weighted by Crippen LogP contribution is 2.17. The molecule has 8 nitrogen and oxygen atoms in total. The van der Waals surface area contributed by atoms with E-state index in [-0.39, 0.29) is 16.7 Å². The number of rotatable bonds is 6. The molecule has 0 spiro atoms. The zero-order chi connectivity index (χ0) is 23.8. The summed E-state index contributed by atoms with van der Waals surface area (Å²) in [6, 6.07) is 21.8. The largest absolute Gasteiger partial charge is 0.332 e. The molecule has 2 amide bonds. The average Bonchev–Trinajstić information content (AvgIpc) is 2.82. The Hall–Kier alpha value is -4.37. The topological polar surface area (TPSA) is 105 Å². The third-order valence-electron chi connectivity index (χ3n) is 4.58. The van der Waals surface area contributed by atoms with E-state index in [1.807, 2.05) is 30.3 Å². The second kappa shape index (κ2) is 10.8. The van der Waals surface area contributed by atoms with E-state index in [2.05, 4.69) is 10.6 Å². The van der Waals surface area contributed by atoms with Gasteiger partial charge < -0.3 is 10.2 Å². The molecule has 0 radical (unpaired) electrons. The number of carbonyl (C=O) groups is 2. The number of thiocarbonyl (C=S) groups is 1. The van der Waals surface area contributed by atoms with Gasteiger partial charge in [-0.25, -0.2) is 0 Å². The summed E-state index contributed by atoms with van der Waals surface area (Å²) in [6.45, 7) is 0. The van der Waals surface area contributed by atoms with Gasteiger partial charge in [-0.1, -0.05) is 24.3 Å². The van der Waals surface area contributed by atoms with Crippen LogP contribution in [-0.4, -0.2) is 28.9 Å². The first-order valence-electron chi connectivity index (χ1n) is 9.81. The zero-order valence-corrected chi connectivity index (χ0v) is 18.4. The van der Waals surface area contributed by atoms with Crippen molar-refractivity contribution in [1.29, 1.82) is 0 Å². The molecular weight excluding hydrogens is 440 g/mol. The summed E-state index contributed by atoms with van der Waals surface area (Å²) in [6.07, 6.45) is 2.78. The Morgan fingerprint density at radius 2 is 1.70 bits per heavy atom. The fourth-order valence-electron chi connectivity index (χ4n) is 2.89. The predicted octanol–water partition coefficient (Wildman–Crippen LogP) is 4.40. The molecule has 3 aromatic carbocycles. The van der Waals surface area contributed by atoms with Gasteiger partial charge in [-0.15, -0.1) is 0 Å². The van der Waals surface area contributed by atoms with Crippen LogP contribution in [0.5, 0.6) is 0 Å². The SMILES string of the molecule is CN(C(=O)c1cccc(NC(=S)NC(=O)/C=C/c2ccc([N+](=O)[O-])cc2)c1)c1ccccc1. The molecule has 166 valence electrons. The summed E-state index contributed by atoms with van der Waals surface area (Å²) in [5.74, 6) is -0.660. The Kier molecular flexibility index (Phi) is 7.61. The van der Waals surface area contributed by atoms with Crippen LogP contribution < -0.4 is 15.5 Å². The van der Waals surface area contributed by atoms with E-state index in [0.717, 1.165) is 5.69 Å². The molecule has 0 aliphatic heterocycles. The number of hydrogen-bond donors (Lipinski definition) is 2. The Balaban J connectivity index is 1.58. The first-order valence-corrected chi connectivity index (χ1v) is 10.2. The van der Waals surface area contributed by atoms with Gasteiger partial charge in [-0.05, 0) is 66.3 Å². The highest BCUT2D eigenvalue weighted by atomic mass is 32.1. The van der Waals surface area contributed by atoms with Gasteiger partial charge in [0, 0.05) is 42.2 Å². The van der Waals surface area contributed by atoms with E-state index in [4.69, 9.17) is 12.2 Å². The van der Waals surface area contributed by atoms with Crippen molar-refractivity contribution in [3.05, 3.63) is 106 Å². The van der Waals surface area contributed by atoms with Gasteiger partial charge in [0.1, 0.15) is 0 Å². The molecule has 0 fully saturated rings. The van der Waals surface area contributed by atoms with Crippen LogP contribution in [0.3, 0.4) is 0 Å². The van der Waals surface area contributed by atoms with Crippen molar-refractivity contribution in [1.82, 2.24) is 5.32 Å². The first-order chi connectivity index (χ1) is 15.8. The molecule has 0 aliphatic rings. The molecule has 9 heteroatoms. The molecule has 0 atom stereocenters. The van der Waals surface area contributed by atoms with Crippen LogP contribution in [0.15, 0.2) is 84.9 Å². The van der Waals surface area contributed by atoms with E-state index < -0.39 is 10.8 Å². The second-order valence-electron chi connectivity index (χ2n) is 6.91. The molecule has 2 N–H and O–H groups in total. The smallest absolute Gasteiger partial charge is 0.269 e. The third kappa shape index (κ3) is 6.55. The number of non-ortho nitro benzene ring substituents is 1. The molecule has 0 saturated carbocycles. The molecule has 0 bridgehead atoms. The molecule has 3 rings (SSSR count). The monoisotopic (exact) mass is 460 g/mol. The minimum absolute atomic E-state index is 0.0300. The van der Waals surface area contributed by atoms with E-state index in [1.54, 1.807) is 36.2 Å². The van der Waals surface area contributed by atoms with Gasteiger partial charge in [-0.2, -0.15) is 0 Å². The quantitative estimate of drug-likeness (QED) is 0.245. The van der Waals surface area contributed by atoms with Gasteiger partial charge in [0.15, 0.2) is 5.11 Å². The Bertz CT molecular complexity index is 1210. The maximum Gasteiger partial charge on any atom is 0.269 e. The normalized spacial score (nSPS) is 10.5. The fraction of sp³-hybridized carbons (Fsp3) is 0.0417. The molecule has 0 heterocycles. The summed E-state index contributed by atoms with van der Waals surface area (Å²) >= 11 is 5.18. The number of benzene rings is 3. The van der Waals surface area contributed by atoms with Crippen LogP contribution in [-0.2, 0) is 4.79 Å². The number of nitrogens with zero attached hydrogens (tertiary/aromatic N) is 2. The van der Waals surface area contributed by atoms with Crippen molar-refractivity contribution in [2.75, 3.05) is 17.3 Å². The molecule has 0 aromatic heterocycles. The average molecular weight is 461 g/mol. The summed E-state index contributed by atoms with van der Waals surface area (Å²) in [4.78, 5) is 36.6. The molecule has 3 aromatic rings. The Morgan fingerprint density at radius 1 is 1.00 bits per heavy atom. The molecule has 0 saturated heterocycles. The van der Waals surface area contributed by atoms with Crippen molar-refractivity contribution in [2.24, 2.45) is 0 Å². The zero-order valence-electron chi connectivity index (χ0n) is 17.6. The molecular formula is C24H20N4O4S. The fourth-order valence-corrected chi connectivity index (χ4v) is 3.11. The minimum atomic E-state index is -0.493. The van der Waals surface area contributed by atoms with E-state index >= 15 is 0 Å². The van der Waals surface area contributed by atoms with Crippen molar-refractivity contribution in [3.8, 4) is 0 Å². The number of hydrogen-bond acceptors (Lipinski definition) is 5. The van der Waals surface area contributed by atoms with Crippen molar-refractivity contribution in [2.45, 2.75) is 0 Å². The minimum Gasteiger partial charge on any atom is -0.332 e. The maximum atomic E-state index is 12.8. The lowest BCUT2D eigenvalue weighted by molar-refractivity contribution is -0.384. The predicted molar refractivity (Wildman–Crippen MR) is 132 cm³/mol. The summed E-state index contributed by atoms with van der Waals surface area (Å²) < 4.78 is 0. The number of amides is 2. The van der Waals surface area contributed by atoms with Crippen LogP contribution in [0.1, 0.15) is 15.9 Å². The van der Waals surface area contributed by atoms with Crippen LogP contribution in [0.25, 0.3) is 6.08 Å². The van der Waals surface area contributed by atoms with Crippen molar-refractivity contribution >= 4 is 52.3 Å². The number of anilines is 2. The number of nitrogens with one attached hydrogen (secondary N) is 2. The lowest BCUT2D eigenvalue weighted by Gasteiger charge is -2.18. The van der Waals surface area contributed by atoms with Gasteiger partial charge >= 0.3 is 0 Å². The lowest BCUT2D eigenvalue weighted by atomic mass is 10.1. The molecule has 0 unspecified atom stereocenters. The van der Waals surface area contributed by atoms with Crippen LogP contribution >= 0.6 is 12.2 Å². The Morgan fingerprint density at radius 3 is 2.36 bits per heavy atom. The number of nitro benzene ring substituents is 1. The molecule has 33 heavy (non-hydrogen) atoms. The second-order valence-corrected chi connectivity index (χ2v) is 7.31. The molecule has 0 aliphatic carbocycles. The third-order valence-corrected chi connectivity index (χ3v) is 4.79. The van der Waals surface area contributed by atoms with Crippen LogP contribution in [0, 0.1) is 10.1 Å². The standard InChI is InChI=1S/C24H20N4O4S/c1-27(20-8-3-2-4-9-20)23(30)18-6-5-7-19(16-18)25-24(33)26-22(29)15-12-17-10-13-21(14-11-17)28(31)32/h2-16H,1H3,(H2,25,26,29,33)/b15-12+.